The van der Waals surface area contributed by atoms with Crippen LogP contribution < -0.4 is 0 Å². The number of nitrogens with zero attached hydrogens (tertiary/aromatic N) is 1. The number of ether oxygens (including phenoxy) is 2. The van der Waals surface area contributed by atoms with Crippen molar-refractivity contribution in [1.29, 1.82) is 0 Å². The van der Waals surface area contributed by atoms with Gasteiger partial charge in [-0.2, -0.15) is 0 Å². The van der Waals surface area contributed by atoms with Crippen molar-refractivity contribution in [2.75, 3.05) is 0 Å². The van der Waals surface area contributed by atoms with E-state index in [9.17, 15) is 24.3 Å². The Hall–Kier alpha value is -3.68. The second kappa shape index (κ2) is 8.03. The highest BCUT2D eigenvalue weighted by Crippen LogP contribution is 2.58. The number of fused-ring (bicyclic) bond motifs is 2. The molecular weight excluding hydrogens is 426 g/mol. The van der Waals surface area contributed by atoms with Gasteiger partial charge in [-0.15, -0.1) is 0 Å². The molecule has 0 aromatic heterocycles. The van der Waals surface area contributed by atoms with Crippen LogP contribution in [0.15, 0.2) is 60.7 Å². The molecule has 8 heteroatoms. The number of esters is 2. The van der Waals surface area contributed by atoms with Crippen LogP contribution in [-0.4, -0.2) is 51.7 Å². The summed E-state index contributed by atoms with van der Waals surface area (Å²) in [6, 6.07) is 16.5. The summed E-state index contributed by atoms with van der Waals surface area (Å²) >= 11 is 0. The maximum absolute atomic E-state index is 13.1. The second-order valence-corrected chi connectivity index (χ2v) is 9.37. The molecular formula is C25H25NO7. The summed E-state index contributed by atoms with van der Waals surface area (Å²) in [5.74, 6) is -2.96. The summed E-state index contributed by atoms with van der Waals surface area (Å²) in [6.07, 6.45) is -3.63. The molecule has 4 atom stereocenters. The van der Waals surface area contributed by atoms with Gasteiger partial charge in [0.05, 0.1) is 17.0 Å². The maximum atomic E-state index is 13.1. The number of rotatable bonds is 4. The van der Waals surface area contributed by atoms with Gasteiger partial charge in [0.1, 0.15) is 5.54 Å². The van der Waals surface area contributed by atoms with Crippen LogP contribution in [0.25, 0.3) is 0 Å². The third kappa shape index (κ3) is 3.55. The van der Waals surface area contributed by atoms with Crippen molar-refractivity contribution < 1.29 is 33.8 Å². The Labute approximate surface area is 191 Å². The molecule has 1 saturated heterocycles. The topological polar surface area (TPSA) is 110 Å². The normalized spacial score (nSPS) is 26.2. The molecule has 1 heterocycles. The zero-order valence-corrected chi connectivity index (χ0v) is 18.6. The lowest BCUT2D eigenvalue weighted by Gasteiger charge is -2.50. The molecule has 33 heavy (non-hydrogen) atoms. The lowest BCUT2D eigenvalue weighted by Crippen LogP contribution is -2.68. The Balaban J connectivity index is 1.76. The van der Waals surface area contributed by atoms with Gasteiger partial charge in [0.25, 0.3) is 0 Å². The molecule has 1 N–H and O–H groups in total. The fourth-order valence-electron chi connectivity index (χ4n) is 5.02. The van der Waals surface area contributed by atoms with E-state index in [0.29, 0.717) is 0 Å². The number of carbonyl (C=O) groups excluding carboxylic acids is 3. The van der Waals surface area contributed by atoms with Crippen molar-refractivity contribution in [3.05, 3.63) is 71.8 Å². The van der Waals surface area contributed by atoms with Crippen molar-refractivity contribution in [1.82, 2.24) is 4.90 Å². The van der Waals surface area contributed by atoms with Crippen LogP contribution in [0.1, 0.15) is 47.9 Å². The number of likely N-dealkylation sites (tertiary alicyclic amines) is 1. The summed E-state index contributed by atoms with van der Waals surface area (Å²) in [4.78, 5) is 51.9. The van der Waals surface area contributed by atoms with Gasteiger partial charge in [-0.1, -0.05) is 57.2 Å². The summed E-state index contributed by atoms with van der Waals surface area (Å²) in [5, 5.41) is 9.91. The van der Waals surface area contributed by atoms with Gasteiger partial charge in [-0.05, 0) is 36.1 Å². The first-order valence-corrected chi connectivity index (χ1v) is 10.7. The molecule has 8 nitrogen and oxygen atoms in total. The first kappa shape index (κ1) is 22.5. The van der Waals surface area contributed by atoms with Crippen LogP contribution in [0.5, 0.6) is 0 Å². The van der Waals surface area contributed by atoms with Crippen LogP contribution in [0, 0.1) is 11.3 Å². The molecule has 2 aromatic carbocycles. The minimum atomic E-state index is -1.42. The zero-order valence-electron chi connectivity index (χ0n) is 18.6. The van der Waals surface area contributed by atoms with E-state index in [-0.39, 0.29) is 17.5 Å². The molecule has 4 rings (SSSR count). The average Bonchev–Trinajstić information content (AvgIpc) is 3.26. The standard InChI is InChI=1S/C25H25NO7/c1-24(2,3)25-14-17(20(27)26(25)23(30)31)18(32-21(28)15-10-6-4-7-11-15)19(25)33-22(29)16-12-8-5-9-13-16/h4-13,17-19H,14H2,1-3H3,(H,30,31)/t17-,18+,19+,25-/m0/s1. The summed E-state index contributed by atoms with van der Waals surface area (Å²) in [5.41, 5.74) is -1.66. The lowest BCUT2D eigenvalue weighted by molar-refractivity contribution is -0.160. The first-order chi connectivity index (χ1) is 15.6. The van der Waals surface area contributed by atoms with E-state index in [4.69, 9.17) is 9.47 Å². The minimum absolute atomic E-state index is 0.0844. The van der Waals surface area contributed by atoms with E-state index in [1.54, 1.807) is 81.4 Å². The van der Waals surface area contributed by atoms with E-state index in [0.717, 1.165) is 4.90 Å². The first-order valence-electron chi connectivity index (χ1n) is 10.7. The van der Waals surface area contributed by atoms with Gasteiger partial charge in [0, 0.05) is 0 Å². The number of piperidine rings is 1. The summed E-state index contributed by atoms with van der Waals surface area (Å²) in [6.45, 7) is 5.34. The highest BCUT2D eigenvalue weighted by atomic mass is 16.6. The largest absolute Gasteiger partial charge is 0.465 e. The Morgan fingerprint density at radius 3 is 1.85 bits per heavy atom. The molecule has 2 fully saturated rings. The van der Waals surface area contributed by atoms with E-state index < -0.39 is 53.0 Å². The van der Waals surface area contributed by atoms with E-state index >= 15 is 0 Å². The Morgan fingerprint density at radius 2 is 1.39 bits per heavy atom. The van der Waals surface area contributed by atoms with Crippen molar-refractivity contribution in [3.63, 3.8) is 0 Å². The molecule has 2 aromatic rings. The number of carboxylic acid groups (broad SMARTS) is 1. The number of carbonyl (C=O) groups is 4. The number of hydrogen-bond acceptors (Lipinski definition) is 6. The average molecular weight is 451 g/mol. The van der Waals surface area contributed by atoms with E-state index in [1.165, 1.54) is 0 Å². The van der Waals surface area contributed by atoms with Crippen LogP contribution in [-0.2, 0) is 14.3 Å². The van der Waals surface area contributed by atoms with Crippen molar-refractivity contribution in [2.24, 2.45) is 11.3 Å². The third-order valence-electron chi connectivity index (χ3n) is 6.62. The predicted molar refractivity (Wildman–Crippen MR) is 116 cm³/mol. The van der Waals surface area contributed by atoms with E-state index in [1.807, 2.05) is 0 Å². The molecule has 1 aliphatic carbocycles. The molecule has 172 valence electrons. The summed E-state index contributed by atoms with van der Waals surface area (Å²) < 4.78 is 11.6. The fourth-order valence-corrected chi connectivity index (χ4v) is 5.02. The Morgan fingerprint density at radius 1 is 0.909 bits per heavy atom. The smallest absolute Gasteiger partial charge is 0.414 e. The maximum Gasteiger partial charge on any atom is 0.414 e. The SMILES string of the molecule is CC(C)(C)[C@@]12C[C@H](C(=O)N1C(=O)O)[C@@H](OC(=O)c1ccccc1)[C@H]2OC(=O)c1ccccc1. The molecule has 1 aliphatic heterocycles. The van der Waals surface area contributed by atoms with Crippen molar-refractivity contribution in [2.45, 2.75) is 44.9 Å². The van der Waals surface area contributed by atoms with Crippen LogP contribution >= 0.6 is 0 Å². The van der Waals surface area contributed by atoms with Gasteiger partial charge in [-0.25, -0.2) is 19.3 Å². The number of hydrogen-bond donors (Lipinski definition) is 1. The molecule has 1 saturated carbocycles. The summed E-state index contributed by atoms with van der Waals surface area (Å²) in [7, 11) is 0. The minimum Gasteiger partial charge on any atom is -0.465 e. The zero-order chi connectivity index (χ0) is 24.0. The van der Waals surface area contributed by atoms with Gasteiger partial charge in [0.2, 0.25) is 5.91 Å². The second-order valence-electron chi connectivity index (χ2n) is 9.37. The Bertz CT molecular complexity index is 1090. The highest BCUT2D eigenvalue weighted by molar-refractivity contribution is 5.99. The molecule has 0 unspecified atom stereocenters. The fraction of sp³-hybridized carbons (Fsp3) is 0.360. The van der Waals surface area contributed by atoms with Gasteiger partial charge >= 0.3 is 18.0 Å². The third-order valence-corrected chi connectivity index (χ3v) is 6.62. The van der Waals surface area contributed by atoms with Gasteiger partial charge in [-0.3, -0.25) is 4.79 Å². The molecule has 2 amide bonds. The van der Waals surface area contributed by atoms with Gasteiger partial charge in [0.15, 0.2) is 12.2 Å². The van der Waals surface area contributed by atoms with Crippen LogP contribution in [0.2, 0.25) is 0 Å². The quantitative estimate of drug-likeness (QED) is 0.705. The predicted octanol–water partition coefficient (Wildman–Crippen LogP) is 3.76. The highest BCUT2D eigenvalue weighted by Gasteiger charge is 2.75. The van der Waals surface area contributed by atoms with Crippen molar-refractivity contribution in [3.8, 4) is 0 Å². The number of imide groups is 1. The van der Waals surface area contributed by atoms with Crippen LogP contribution in [0.3, 0.4) is 0 Å². The van der Waals surface area contributed by atoms with Crippen LogP contribution in [0.4, 0.5) is 4.79 Å². The number of benzene rings is 2. The lowest BCUT2D eigenvalue weighted by atomic mass is 9.70. The Kier molecular flexibility index (Phi) is 5.47. The molecule has 2 aliphatic rings. The monoisotopic (exact) mass is 451 g/mol. The molecule has 2 bridgehead atoms. The number of amides is 2. The van der Waals surface area contributed by atoms with E-state index in [2.05, 4.69) is 0 Å². The van der Waals surface area contributed by atoms with Crippen molar-refractivity contribution >= 4 is 23.9 Å². The van der Waals surface area contributed by atoms with Gasteiger partial charge < -0.3 is 14.6 Å². The molecule has 0 radical (unpaired) electrons. The molecule has 0 spiro atoms.